The summed E-state index contributed by atoms with van der Waals surface area (Å²) in [6.45, 7) is 9.01. The van der Waals surface area contributed by atoms with Crippen LogP contribution in [0.1, 0.15) is 44.0 Å². The lowest BCUT2D eigenvalue weighted by atomic mass is 10.0. The van der Waals surface area contributed by atoms with Crippen molar-refractivity contribution in [3.05, 3.63) is 28.5 Å². The summed E-state index contributed by atoms with van der Waals surface area (Å²) in [6.07, 6.45) is 2.54. The lowest BCUT2D eigenvalue weighted by Gasteiger charge is -2.27. The highest BCUT2D eigenvalue weighted by molar-refractivity contribution is 6.29. The predicted molar refractivity (Wildman–Crippen MR) is 72.4 cm³/mol. The molecule has 1 atom stereocenters. The lowest BCUT2D eigenvalue weighted by Crippen LogP contribution is -2.27. The Morgan fingerprint density at radius 3 is 2.88 bits per heavy atom. The summed E-state index contributed by atoms with van der Waals surface area (Å²) < 4.78 is 0. The van der Waals surface area contributed by atoms with Gasteiger partial charge in [-0.25, -0.2) is 4.98 Å². The Labute approximate surface area is 109 Å². The highest BCUT2D eigenvalue weighted by Crippen LogP contribution is 2.33. The van der Waals surface area contributed by atoms with E-state index < -0.39 is 0 Å². The second-order valence-corrected chi connectivity index (χ2v) is 5.74. The second kappa shape index (κ2) is 5.36. The van der Waals surface area contributed by atoms with E-state index in [-0.39, 0.29) is 0 Å². The zero-order valence-electron chi connectivity index (χ0n) is 10.9. The molecule has 2 rings (SSSR count). The fourth-order valence-corrected chi connectivity index (χ4v) is 2.95. The molecular weight excluding hydrogens is 232 g/mol. The molecule has 0 aromatic carbocycles. The standard InChI is InChI=1S/C14H21ClN2/c1-10(2)9-17-8-4-5-13(17)12-6-7-14(15)16-11(12)3/h6-7,10,13H,4-5,8-9H2,1-3H3/t13-/m1/s1. The highest BCUT2D eigenvalue weighted by Gasteiger charge is 2.27. The Morgan fingerprint density at radius 1 is 1.47 bits per heavy atom. The predicted octanol–water partition coefficient (Wildman–Crippen LogP) is 3.84. The van der Waals surface area contributed by atoms with Crippen molar-refractivity contribution in [3.8, 4) is 0 Å². The molecule has 1 fully saturated rings. The Kier molecular flexibility index (Phi) is 4.05. The summed E-state index contributed by atoms with van der Waals surface area (Å²) in [6, 6.07) is 4.60. The molecule has 94 valence electrons. The number of hydrogen-bond acceptors (Lipinski definition) is 2. The molecule has 1 aliphatic heterocycles. The molecule has 0 aliphatic carbocycles. The van der Waals surface area contributed by atoms with Gasteiger partial charge in [0.25, 0.3) is 0 Å². The fraction of sp³-hybridized carbons (Fsp3) is 0.643. The summed E-state index contributed by atoms with van der Waals surface area (Å²) in [7, 11) is 0. The first-order valence-corrected chi connectivity index (χ1v) is 6.83. The molecular formula is C14H21ClN2. The number of aromatic nitrogens is 1. The second-order valence-electron chi connectivity index (χ2n) is 5.36. The molecule has 3 heteroatoms. The minimum atomic E-state index is 0.544. The molecule has 2 nitrogen and oxygen atoms in total. The van der Waals surface area contributed by atoms with Crippen LogP contribution in [0.2, 0.25) is 5.15 Å². The molecule has 0 saturated carbocycles. The van der Waals surface area contributed by atoms with E-state index in [0.717, 1.165) is 11.6 Å². The van der Waals surface area contributed by atoms with Crippen LogP contribution in [-0.4, -0.2) is 23.0 Å². The van der Waals surface area contributed by atoms with Crippen molar-refractivity contribution in [2.24, 2.45) is 5.92 Å². The van der Waals surface area contributed by atoms with E-state index in [1.807, 2.05) is 6.07 Å². The smallest absolute Gasteiger partial charge is 0.129 e. The van der Waals surface area contributed by atoms with E-state index in [2.05, 4.69) is 36.7 Å². The summed E-state index contributed by atoms with van der Waals surface area (Å²) in [5, 5.41) is 0.597. The normalized spacial score (nSPS) is 21.4. The van der Waals surface area contributed by atoms with Gasteiger partial charge in [0.15, 0.2) is 0 Å². The molecule has 0 bridgehead atoms. The first-order chi connectivity index (χ1) is 8.08. The number of pyridine rings is 1. The average Bonchev–Trinajstić information content (AvgIpc) is 2.65. The van der Waals surface area contributed by atoms with Crippen LogP contribution in [0.15, 0.2) is 12.1 Å². The Bertz CT molecular complexity index is 390. The molecule has 17 heavy (non-hydrogen) atoms. The van der Waals surface area contributed by atoms with Crippen molar-refractivity contribution >= 4 is 11.6 Å². The third-order valence-electron chi connectivity index (χ3n) is 3.42. The number of nitrogens with zero attached hydrogens (tertiary/aromatic N) is 2. The van der Waals surface area contributed by atoms with E-state index >= 15 is 0 Å². The van der Waals surface area contributed by atoms with Crippen molar-refractivity contribution in [1.82, 2.24) is 9.88 Å². The van der Waals surface area contributed by atoms with Crippen LogP contribution >= 0.6 is 11.6 Å². The van der Waals surface area contributed by atoms with Crippen LogP contribution in [0.3, 0.4) is 0 Å². The molecule has 0 unspecified atom stereocenters. The SMILES string of the molecule is Cc1nc(Cl)ccc1[C@H]1CCCN1CC(C)C. The molecule has 0 amide bonds. The van der Waals surface area contributed by atoms with Gasteiger partial charge in [-0.1, -0.05) is 31.5 Å². The van der Waals surface area contributed by atoms with Crippen LogP contribution in [0.5, 0.6) is 0 Å². The monoisotopic (exact) mass is 252 g/mol. The Morgan fingerprint density at radius 2 is 2.24 bits per heavy atom. The summed E-state index contributed by atoms with van der Waals surface area (Å²) >= 11 is 5.92. The van der Waals surface area contributed by atoms with Crippen LogP contribution in [-0.2, 0) is 0 Å². The van der Waals surface area contributed by atoms with E-state index in [9.17, 15) is 0 Å². The molecule has 1 aromatic rings. The first-order valence-electron chi connectivity index (χ1n) is 6.45. The fourth-order valence-electron chi connectivity index (χ4n) is 2.76. The maximum absolute atomic E-state index is 5.92. The molecule has 1 aliphatic rings. The quantitative estimate of drug-likeness (QED) is 0.760. The van der Waals surface area contributed by atoms with Crippen molar-refractivity contribution in [2.45, 2.75) is 39.7 Å². The van der Waals surface area contributed by atoms with Gasteiger partial charge in [0.05, 0.1) is 0 Å². The van der Waals surface area contributed by atoms with Crippen molar-refractivity contribution in [2.75, 3.05) is 13.1 Å². The summed E-state index contributed by atoms with van der Waals surface area (Å²) in [5.41, 5.74) is 2.44. The van der Waals surface area contributed by atoms with Crippen LogP contribution < -0.4 is 0 Å². The van der Waals surface area contributed by atoms with Gasteiger partial charge < -0.3 is 0 Å². The van der Waals surface area contributed by atoms with Gasteiger partial charge in [0, 0.05) is 18.3 Å². The highest BCUT2D eigenvalue weighted by atomic mass is 35.5. The maximum atomic E-state index is 5.92. The van der Waals surface area contributed by atoms with Crippen LogP contribution in [0.4, 0.5) is 0 Å². The van der Waals surface area contributed by atoms with Gasteiger partial charge in [-0.05, 0) is 43.9 Å². The van der Waals surface area contributed by atoms with Gasteiger partial charge in [-0.3, -0.25) is 4.90 Å². The van der Waals surface area contributed by atoms with E-state index in [1.54, 1.807) is 0 Å². The zero-order valence-corrected chi connectivity index (χ0v) is 11.7. The largest absolute Gasteiger partial charge is 0.296 e. The average molecular weight is 253 g/mol. The van der Waals surface area contributed by atoms with Crippen molar-refractivity contribution in [3.63, 3.8) is 0 Å². The van der Waals surface area contributed by atoms with Crippen molar-refractivity contribution < 1.29 is 0 Å². The maximum Gasteiger partial charge on any atom is 0.129 e. The lowest BCUT2D eigenvalue weighted by molar-refractivity contribution is 0.228. The zero-order chi connectivity index (χ0) is 12.4. The van der Waals surface area contributed by atoms with Gasteiger partial charge in [0.1, 0.15) is 5.15 Å². The number of rotatable bonds is 3. The number of aryl methyl sites for hydroxylation is 1. The molecule has 0 spiro atoms. The van der Waals surface area contributed by atoms with E-state index in [1.165, 1.54) is 31.5 Å². The Hall–Kier alpha value is -0.600. The van der Waals surface area contributed by atoms with Gasteiger partial charge in [-0.15, -0.1) is 0 Å². The number of halogens is 1. The molecule has 1 aromatic heterocycles. The Balaban J connectivity index is 2.20. The van der Waals surface area contributed by atoms with E-state index in [4.69, 9.17) is 11.6 Å². The van der Waals surface area contributed by atoms with Crippen LogP contribution in [0, 0.1) is 12.8 Å². The topological polar surface area (TPSA) is 16.1 Å². The van der Waals surface area contributed by atoms with Gasteiger partial charge in [-0.2, -0.15) is 0 Å². The molecule has 0 radical (unpaired) electrons. The minimum absolute atomic E-state index is 0.544. The van der Waals surface area contributed by atoms with Crippen LogP contribution in [0.25, 0.3) is 0 Å². The number of hydrogen-bond donors (Lipinski definition) is 0. The molecule has 1 saturated heterocycles. The third kappa shape index (κ3) is 2.99. The van der Waals surface area contributed by atoms with Crippen molar-refractivity contribution in [1.29, 1.82) is 0 Å². The first kappa shape index (κ1) is 12.8. The van der Waals surface area contributed by atoms with Gasteiger partial charge in [0.2, 0.25) is 0 Å². The molecule has 0 N–H and O–H groups in total. The number of likely N-dealkylation sites (tertiary alicyclic amines) is 1. The summed E-state index contributed by atoms with van der Waals surface area (Å²) in [5.74, 6) is 0.719. The van der Waals surface area contributed by atoms with Gasteiger partial charge >= 0.3 is 0 Å². The van der Waals surface area contributed by atoms with E-state index in [0.29, 0.717) is 11.2 Å². The summed E-state index contributed by atoms with van der Waals surface area (Å²) in [4.78, 5) is 6.96. The minimum Gasteiger partial charge on any atom is -0.296 e. The molecule has 2 heterocycles. The third-order valence-corrected chi connectivity index (χ3v) is 3.63.